The van der Waals surface area contributed by atoms with Gasteiger partial charge in [-0.2, -0.15) is 0 Å². The maximum atomic E-state index is 12.3. The Hall–Kier alpha value is -0.940. The zero-order valence-electron chi connectivity index (χ0n) is 10.2. The van der Waals surface area contributed by atoms with Crippen LogP contribution in [0.2, 0.25) is 0 Å². The summed E-state index contributed by atoms with van der Waals surface area (Å²) < 4.78 is 0.678. The molecule has 1 aromatic rings. The van der Waals surface area contributed by atoms with Crippen LogP contribution in [0.5, 0.6) is 0 Å². The Balaban J connectivity index is 2.04. The first-order valence-corrected chi connectivity index (χ1v) is 7.02. The molecule has 1 N–H and O–H groups in total. The van der Waals surface area contributed by atoms with E-state index in [0.717, 1.165) is 32.4 Å². The van der Waals surface area contributed by atoms with Gasteiger partial charge in [0.1, 0.15) is 10.3 Å². The topological polar surface area (TPSA) is 53.4 Å². The second-order valence-corrected chi connectivity index (χ2v) is 5.43. The van der Waals surface area contributed by atoms with E-state index in [1.165, 1.54) is 0 Å². The fraction of sp³-hybridized carbons (Fsp3) is 0.538. The smallest absolute Gasteiger partial charge is 0.272 e. The van der Waals surface area contributed by atoms with Gasteiger partial charge in [-0.1, -0.05) is 6.07 Å². The summed E-state index contributed by atoms with van der Waals surface area (Å²) in [6.45, 7) is 1.71. The molecule has 2 rings (SSSR count). The third-order valence-electron chi connectivity index (χ3n) is 3.28. The minimum absolute atomic E-state index is 0.0149. The lowest BCUT2D eigenvalue weighted by molar-refractivity contribution is 0.0647. The van der Waals surface area contributed by atoms with Crippen molar-refractivity contribution in [3.63, 3.8) is 0 Å². The first-order chi connectivity index (χ1) is 8.70. The lowest BCUT2D eigenvalue weighted by Gasteiger charge is -2.32. The number of hydrogen-bond donors (Lipinski definition) is 1. The molecule has 0 spiro atoms. The summed E-state index contributed by atoms with van der Waals surface area (Å²) in [4.78, 5) is 18.3. The van der Waals surface area contributed by atoms with E-state index < -0.39 is 0 Å². The predicted molar refractivity (Wildman–Crippen MR) is 72.3 cm³/mol. The Labute approximate surface area is 115 Å². The molecule has 0 aromatic carbocycles. The average molecular weight is 313 g/mol. The van der Waals surface area contributed by atoms with E-state index in [1.54, 1.807) is 6.07 Å². The van der Waals surface area contributed by atoms with E-state index in [1.807, 2.05) is 17.0 Å². The Morgan fingerprint density at radius 1 is 1.56 bits per heavy atom. The van der Waals surface area contributed by atoms with Crippen LogP contribution >= 0.6 is 15.9 Å². The van der Waals surface area contributed by atoms with Crippen molar-refractivity contribution < 1.29 is 9.90 Å². The maximum Gasteiger partial charge on any atom is 0.272 e. The Bertz CT molecular complexity index is 423. The van der Waals surface area contributed by atoms with Gasteiger partial charge in [0.15, 0.2) is 0 Å². The Morgan fingerprint density at radius 2 is 2.39 bits per heavy atom. The van der Waals surface area contributed by atoms with E-state index in [-0.39, 0.29) is 12.5 Å². The van der Waals surface area contributed by atoms with Crippen molar-refractivity contribution in [1.82, 2.24) is 9.88 Å². The second-order valence-electron chi connectivity index (χ2n) is 4.62. The van der Waals surface area contributed by atoms with E-state index in [0.29, 0.717) is 16.2 Å². The highest BCUT2D eigenvalue weighted by Gasteiger charge is 2.24. The zero-order valence-corrected chi connectivity index (χ0v) is 11.8. The number of likely N-dealkylation sites (tertiary alicyclic amines) is 1. The van der Waals surface area contributed by atoms with Crippen LogP contribution in [-0.2, 0) is 0 Å². The number of pyridine rings is 1. The van der Waals surface area contributed by atoms with Crippen LogP contribution in [0.15, 0.2) is 22.8 Å². The highest BCUT2D eigenvalue weighted by Crippen LogP contribution is 2.20. The molecule has 0 bridgehead atoms. The fourth-order valence-electron chi connectivity index (χ4n) is 2.36. The lowest BCUT2D eigenvalue weighted by Crippen LogP contribution is -2.40. The molecule has 0 radical (unpaired) electrons. The molecule has 1 atom stereocenters. The summed E-state index contributed by atoms with van der Waals surface area (Å²) in [6, 6.07) is 5.36. The van der Waals surface area contributed by atoms with Gasteiger partial charge >= 0.3 is 0 Å². The third kappa shape index (κ3) is 3.29. The number of carbonyl (C=O) groups is 1. The molecule has 1 fully saturated rings. The van der Waals surface area contributed by atoms with Gasteiger partial charge in [0, 0.05) is 19.7 Å². The van der Waals surface area contributed by atoms with Gasteiger partial charge in [-0.15, -0.1) is 0 Å². The van der Waals surface area contributed by atoms with E-state index in [2.05, 4.69) is 20.9 Å². The number of nitrogens with zero attached hydrogens (tertiary/aromatic N) is 2. The molecule has 2 heterocycles. The van der Waals surface area contributed by atoms with Gasteiger partial charge in [0.2, 0.25) is 0 Å². The molecule has 18 heavy (non-hydrogen) atoms. The van der Waals surface area contributed by atoms with E-state index in [9.17, 15) is 4.79 Å². The number of piperidine rings is 1. The van der Waals surface area contributed by atoms with Crippen molar-refractivity contribution in [2.75, 3.05) is 19.7 Å². The van der Waals surface area contributed by atoms with Crippen molar-refractivity contribution in [1.29, 1.82) is 0 Å². The van der Waals surface area contributed by atoms with Gasteiger partial charge < -0.3 is 10.0 Å². The van der Waals surface area contributed by atoms with Gasteiger partial charge in [-0.3, -0.25) is 4.79 Å². The molecule has 0 aliphatic carbocycles. The normalized spacial score (nSPS) is 19.9. The summed E-state index contributed by atoms with van der Waals surface area (Å²) in [7, 11) is 0. The van der Waals surface area contributed by atoms with Gasteiger partial charge in [-0.05, 0) is 53.2 Å². The van der Waals surface area contributed by atoms with Crippen LogP contribution in [0, 0.1) is 5.92 Å². The molecular formula is C13H17BrN2O2. The van der Waals surface area contributed by atoms with Crippen LogP contribution in [0.3, 0.4) is 0 Å². The lowest BCUT2D eigenvalue weighted by atomic mass is 9.95. The summed E-state index contributed by atoms with van der Waals surface area (Å²) in [5.74, 6) is 0.402. The highest BCUT2D eigenvalue weighted by molar-refractivity contribution is 9.10. The monoisotopic (exact) mass is 312 g/mol. The van der Waals surface area contributed by atoms with Crippen LogP contribution in [0.1, 0.15) is 29.8 Å². The zero-order chi connectivity index (χ0) is 13.0. The summed E-state index contributed by atoms with van der Waals surface area (Å²) in [5, 5.41) is 8.97. The van der Waals surface area contributed by atoms with E-state index >= 15 is 0 Å². The Kier molecular flexibility index (Phi) is 4.72. The van der Waals surface area contributed by atoms with Crippen LogP contribution < -0.4 is 0 Å². The number of aliphatic hydroxyl groups is 1. The summed E-state index contributed by atoms with van der Waals surface area (Å²) >= 11 is 3.28. The molecule has 1 unspecified atom stereocenters. The van der Waals surface area contributed by atoms with Crippen molar-refractivity contribution in [2.45, 2.75) is 19.3 Å². The van der Waals surface area contributed by atoms with Crippen molar-refractivity contribution in [2.24, 2.45) is 5.92 Å². The average Bonchev–Trinajstić information content (AvgIpc) is 2.39. The SMILES string of the molecule is O=C(c1cccc(Br)n1)N1CCCC(CCO)C1. The first-order valence-electron chi connectivity index (χ1n) is 6.23. The van der Waals surface area contributed by atoms with Crippen LogP contribution in [-0.4, -0.2) is 40.6 Å². The van der Waals surface area contributed by atoms with Crippen LogP contribution in [0.25, 0.3) is 0 Å². The molecule has 4 nitrogen and oxygen atoms in total. The van der Waals surface area contributed by atoms with Gasteiger partial charge in [-0.25, -0.2) is 4.98 Å². The maximum absolute atomic E-state index is 12.3. The molecule has 1 saturated heterocycles. The quantitative estimate of drug-likeness (QED) is 0.869. The number of carbonyl (C=O) groups excluding carboxylic acids is 1. The Morgan fingerprint density at radius 3 is 3.11 bits per heavy atom. The summed E-state index contributed by atoms with van der Waals surface area (Å²) in [6.07, 6.45) is 2.87. The van der Waals surface area contributed by atoms with Gasteiger partial charge in [0.05, 0.1) is 0 Å². The van der Waals surface area contributed by atoms with E-state index in [4.69, 9.17) is 5.11 Å². The molecule has 1 amide bonds. The second kappa shape index (κ2) is 6.29. The number of amides is 1. The van der Waals surface area contributed by atoms with Crippen LogP contribution in [0.4, 0.5) is 0 Å². The molecule has 98 valence electrons. The number of aliphatic hydroxyl groups excluding tert-OH is 1. The van der Waals surface area contributed by atoms with Crippen molar-refractivity contribution >= 4 is 21.8 Å². The number of hydrogen-bond acceptors (Lipinski definition) is 3. The summed E-state index contributed by atoms with van der Waals surface area (Å²) in [5.41, 5.74) is 0.481. The standard InChI is InChI=1S/C13H17BrN2O2/c14-12-5-1-4-11(15-12)13(18)16-7-2-3-10(9-16)6-8-17/h1,4-5,10,17H,2-3,6-9H2. The molecule has 1 aromatic heterocycles. The molecule has 1 aliphatic rings. The highest BCUT2D eigenvalue weighted by atomic mass is 79.9. The van der Waals surface area contributed by atoms with Gasteiger partial charge in [0.25, 0.3) is 5.91 Å². The largest absolute Gasteiger partial charge is 0.396 e. The first kappa shape index (κ1) is 13.5. The minimum atomic E-state index is -0.0149. The number of aromatic nitrogens is 1. The minimum Gasteiger partial charge on any atom is -0.396 e. The molecule has 1 aliphatic heterocycles. The molecule has 5 heteroatoms. The number of rotatable bonds is 3. The molecule has 0 saturated carbocycles. The van der Waals surface area contributed by atoms with Crippen molar-refractivity contribution in [3.05, 3.63) is 28.5 Å². The van der Waals surface area contributed by atoms with Crippen molar-refractivity contribution in [3.8, 4) is 0 Å². The fourth-order valence-corrected chi connectivity index (χ4v) is 2.70. The molecular weight excluding hydrogens is 296 g/mol. The predicted octanol–water partition coefficient (Wildman–Crippen LogP) is 2.08. The number of halogens is 1. The third-order valence-corrected chi connectivity index (χ3v) is 3.72.